The SMILES string of the molecule is Cc1ccc2c(-c3cccc4c3C(C)(C)c3ccccc3-4)c3ccccc3c(-c3ccc4c(c3)C(C)(C)c3ccccc3-4)c2c1. The Kier molecular flexibility index (Phi) is 5.32. The van der Waals surface area contributed by atoms with Crippen LogP contribution in [-0.4, -0.2) is 0 Å². The van der Waals surface area contributed by atoms with Crippen molar-refractivity contribution in [3.05, 3.63) is 155 Å². The van der Waals surface area contributed by atoms with Crippen molar-refractivity contribution in [2.75, 3.05) is 0 Å². The second-order valence-electron chi connectivity index (χ2n) is 14.2. The maximum atomic E-state index is 2.48. The minimum atomic E-state index is -0.0973. The number of rotatable bonds is 2. The first-order chi connectivity index (χ1) is 21.8. The van der Waals surface area contributed by atoms with Crippen molar-refractivity contribution >= 4 is 21.5 Å². The molecule has 0 saturated heterocycles. The van der Waals surface area contributed by atoms with Crippen LogP contribution in [0.1, 0.15) is 55.5 Å². The van der Waals surface area contributed by atoms with E-state index in [-0.39, 0.29) is 10.8 Å². The minimum absolute atomic E-state index is 0.0470. The molecule has 216 valence electrons. The van der Waals surface area contributed by atoms with Gasteiger partial charge in [0.25, 0.3) is 0 Å². The molecule has 0 nitrogen and oxygen atoms in total. The van der Waals surface area contributed by atoms with Gasteiger partial charge in [-0.3, -0.25) is 0 Å². The van der Waals surface area contributed by atoms with Gasteiger partial charge in [0.2, 0.25) is 0 Å². The van der Waals surface area contributed by atoms with Gasteiger partial charge in [-0.15, -0.1) is 0 Å². The molecule has 0 amide bonds. The molecule has 0 heteroatoms. The zero-order chi connectivity index (χ0) is 30.7. The van der Waals surface area contributed by atoms with Crippen molar-refractivity contribution in [2.45, 2.75) is 45.4 Å². The molecule has 45 heavy (non-hydrogen) atoms. The van der Waals surface area contributed by atoms with Gasteiger partial charge in [-0.05, 0) is 101 Å². The standard InChI is InChI=1S/C45H36/c1-27-21-23-34-37(25-27)41(28-22-24-31-29-13-8-10-19-38(29)44(2,3)40(31)26-28)32-15-6-7-16-33(32)42(34)36-18-12-17-35-30-14-9-11-20-39(30)45(4,5)43(35)36/h6-26H,1-5H3. The molecule has 0 radical (unpaired) electrons. The Morgan fingerprint density at radius 1 is 0.378 bits per heavy atom. The molecule has 0 saturated carbocycles. The summed E-state index contributed by atoms with van der Waals surface area (Å²) in [6.45, 7) is 11.8. The number of benzene rings is 7. The molecule has 0 bridgehead atoms. The first-order valence-corrected chi connectivity index (χ1v) is 16.2. The molecular weight excluding hydrogens is 540 g/mol. The maximum Gasteiger partial charge on any atom is 0.0165 e. The van der Waals surface area contributed by atoms with Crippen LogP contribution in [0.3, 0.4) is 0 Å². The van der Waals surface area contributed by atoms with Crippen molar-refractivity contribution in [2.24, 2.45) is 0 Å². The summed E-state index contributed by atoms with van der Waals surface area (Å²) in [4.78, 5) is 0. The molecular formula is C45H36. The van der Waals surface area contributed by atoms with Gasteiger partial charge in [0.1, 0.15) is 0 Å². The minimum Gasteiger partial charge on any atom is -0.0619 e. The zero-order valence-electron chi connectivity index (χ0n) is 26.6. The van der Waals surface area contributed by atoms with Crippen molar-refractivity contribution in [3.8, 4) is 44.5 Å². The fourth-order valence-corrected chi connectivity index (χ4v) is 8.81. The van der Waals surface area contributed by atoms with E-state index < -0.39 is 0 Å². The van der Waals surface area contributed by atoms with Crippen LogP contribution in [0.15, 0.2) is 127 Å². The predicted octanol–water partition coefficient (Wildman–Crippen LogP) is 12.2. The average Bonchev–Trinajstić information content (AvgIpc) is 3.43. The lowest BCUT2D eigenvalue weighted by molar-refractivity contribution is 0.660. The van der Waals surface area contributed by atoms with Crippen molar-refractivity contribution in [3.63, 3.8) is 0 Å². The van der Waals surface area contributed by atoms with Gasteiger partial charge in [-0.1, -0.05) is 155 Å². The second-order valence-corrected chi connectivity index (χ2v) is 14.2. The molecule has 0 spiro atoms. The summed E-state index contributed by atoms with van der Waals surface area (Å²) in [6.07, 6.45) is 0. The lowest BCUT2D eigenvalue weighted by Gasteiger charge is -2.26. The smallest absolute Gasteiger partial charge is 0.0165 e. The Bertz CT molecular complexity index is 2380. The van der Waals surface area contributed by atoms with Crippen LogP contribution in [0.25, 0.3) is 66.1 Å². The first-order valence-electron chi connectivity index (χ1n) is 16.2. The van der Waals surface area contributed by atoms with Gasteiger partial charge >= 0.3 is 0 Å². The predicted molar refractivity (Wildman–Crippen MR) is 192 cm³/mol. The highest BCUT2D eigenvalue weighted by Gasteiger charge is 2.38. The van der Waals surface area contributed by atoms with Crippen LogP contribution < -0.4 is 0 Å². The van der Waals surface area contributed by atoms with Crippen LogP contribution >= 0.6 is 0 Å². The molecule has 7 aromatic rings. The van der Waals surface area contributed by atoms with Crippen LogP contribution in [-0.2, 0) is 10.8 Å². The molecule has 0 aliphatic heterocycles. The molecule has 0 aromatic heterocycles. The molecule has 0 N–H and O–H groups in total. The Balaban J connectivity index is 1.37. The number of aryl methyl sites for hydroxylation is 1. The van der Waals surface area contributed by atoms with Crippen molar-refractivity contribution in [1.29, 1.82) is 0 Å². The highest BCUT2D eigenvalue weighted by molar-refractivity contribution is 6.22. The zero-order valence-corrected chi connectivity index (χ0v) is 26.6. The highest BCUT2D eigenvalue weighted by Crippen LogP contribution is 2.55. The van der Waals surface area contributed by atoms with Gasteiger partial charge in [-0.25, -0.2) is 0 Å². The maximum absolute atomic E-state index is 2.48. The molecule has 2 aliphatic rings. The Labute approximate surface area is 266 Å². The first kappa shape index (κ1) is 26.5. The van der Waals surface area contributed by atoms with E-state index in [0.29, 0.717) is 0 Å². The van der Waals surface area contributed by atoms with E-state index in [1.165, 1.54) is 93.9 Å². The summed E-state index contributed by atoms with van der Waals surface area (Å²) in [6, 6.07) is 48.2. The van der Waals surface area contributed by atoms with Crippen LogP contribution in [0.2, 0.25) is 0 Å². The third-order valence-corrected chi connectivity index (χ3v) is 10.9. The summed E-state index contributed by atoms with van der Waals surface area (Å²) in [7, 11) is 0. The van der Waals surface area contributed by atoms with E-state index in [1.807, 2.05) is 0 Å². The normalized spacial score (nSPS) is 15.1. The summed E-state index contributed by atoms with van der Waals surface area (Å²) in [5.41, 5.74) is 17.6. The van der Waals surface area contributed by atoms with Crippen LogP contribution in [0, 0.1) is 6.92 Å². The van der Waals surface area contributed by atoms with E-state index >= 15 is 0 Å². The second kappa shape index (κ2) is 9.05. The summed E-state index contributed by atoms with van der Waals surface area (Å²) >= 11 is 0. The molecule has 0 heterocycles. The third kappa shape index (κ3) is 3.49. The van der Waals surface area contributed by atoms with Crippen molar-refractivity contribution < 1.29 is 0 Å². The number of hydrogen-bond acceptors (Lipinski definition) is 0. The van der Waals surface area contributed by atoms with Gasteiger partial charge < -0.3 is 0 Å². The van der Waals surface area contributed by atoms with Gasteiger partial charge in [-0.2, -0.15) is 0 Å². The molecule has 0 unspecified atom stereocenters. The molecule has 2 aliphatic carbocycles. The Morgan fingerprint density at radius 2 is 0.933 bits per heavy atom. The monoisotopic (exact) mass is 576 g/mol. The fraction of sp³-hybridized carbons (Fsp3) is 0.156. The van der Waals surface area contributed by atoms with Crippen molar-refractivity contribution in [1.82, 2.24) is 0 Å². The van der Waals surface area contributed by atoms with E-state index in [9.17, 15) is 0 Å². The van der Waals surface area contributed by atoms with Gasteiger partial charge in [0.15, 0.2) is 0 Å². The van der Waals surface area contributed by atoms with Gasteiger partial charge in [0, 0.05) is 10.8 Å². The van der Waals surface area contributed by atoms with Crippen LogP contribution in [0.4, 0.5) is 0 Å². The Morgan fingerprint density at radius 3 is 1.69 bits per heavy atom. The quantitative estimate of drug-likeness (QED) is 0.180. The van der Waals surface area contributed by atoms with Gasteiger partial charge in [0.05, 0.1) is 0 Å². The molecule has 0 atom stereocenters. The average molecular weight is 577 g/mol. The van der Waals surface area contributed by atoms with Crippen LogP contribution in [0.5, 0.6) is 0 Å². The topological polar surface area (TPSA) is 0 Å². The molecule has 0 fully saturated rings. The van der Waals surface area contributed by atoms with E-state index in [1.54, 1.807) is 0 Å². The highest BCUT2D eigenvalue weighted by atomic mass is 14.4. The summed E-state index contributed by atoms with van der Waals surface area (Å²) in [5.74, 6) is 0. The fourth-order valence-electron chi connectivity index (χ4n) is 8.81. The Hall–Kier alpha value is -4.94. The van der Waals surface area contributed by atoms with E-state index in [4.69, 9.17) is 0 Å². The van der Waals surface area contributed by atoms with E-state index in [0.717, 1.165) is 0 Å². The number of hydrogen-bond donors (Lipinski definition) is 0. The summed E-state index contributed by atoms with van der Waals surface area (Å²) in [5, 5.41) is 5.26. The molecule has 7 aromatic carbocycles. The number of fused-ring (bicyclic) bond motifs is 8. The lowest BCUT2D eigenvalue weighted by Crippen LogP contribution is -2.16. The molecule has 9 rings (SSSR count). The largest absolute Gasteiger partial charge is 0.0619 e. The summed E-state index contributed by atoms with van der Waals surface area (Å²) < 4.78 is 0. The third-order valence-electron chi connectivity index (χ3n) is 10.9. The lowest BCUT2D eigenvalue weighted by atomic mass is 9.76. The van der Waals surface area contributed by atoms with E-state index in [2.05, 4.69) is 162 Å².